The van der Waals surface area contributed by atoms with Crippen LogP contribution in [0.2, 0.25) is 0 Å². The summed E-state index contributed by atoms with van der Waals surface area (Å²) in [5.41, 5.74) is 1.19. The van der Waals surface area contributed by atoms with Crippen molar-refractivity contribution < 1.29 is 9.47 Å². The van der Waals surface area contributed by atoms with Crippen molar-refractivity contribution in [2.75, 3.05) is 37.8 Å². The third-order valence-electron chi connectivity index (χ3n) is 3.17. The van der Waals surface area contributed by atoms with E-state index in [2.05, 4.69) is 30.9 Å². The smallest absolute Gasteiger partial charge is 0.142 e. The van der Waals surface area contributed by atoms with Crippen LogP contribution in [0.4, 0.5) is 5.69 Å². The molecule has 0 saturated carbocycles. The highest BCUT2D eigenvalue weighted by atomic mass is 16.5. The van der Waals surface area contributed by atoms with Gasteiger partial charge in [0.2, 0.25) is 0 Å². The van der Waals surface area contributed by atoms with Crippen molar-refractivity contribution in [3.63, 3.8) is 0 Å². The molecule has 0 aliphatic carbocycles. The fourth-order valence-corrected chi connectivity index (χ4v) is 2.05. The Balaban J connectivity index is 1.77. The van der Waals surface area contributed by atoms with Gasteiger partial charge in [-0.3, -0.25) is 0 Å². The summed E-state index contributed by atoms with van der Waals surface area (Å²) in [6, 6.07) is 8.21. The third kappa shape index (κ3) is 3.64. The first kappa shape index (κ1) is 13.2. The van der Waals surface area contributed by atoms with Gasteiger partial charge >= 0.3 is 0 Å². The number of anilines is 1. The molecular weight excluding hydrogens is 226 g/mol. The van der Waals surface area contributed by atoms with Crippen molar-refractivity contribution in [1.82, 2.24) is 0 Å². The van der Waals surface area contributed by atoms with Crippen LogP contribution in [0.25, 0.3) is 0 Å². The highest BCUT2D eigenvalue weighted by Gasteiger charge is 2.16. The monoisotopic (exact) mass is 249 g/mol. The minimum Gasteiger partial charge on any atom is -0.490 e. The number of nitrogens with zero attached hydrogens (tertiary/aromatic N) is 1. The Morgan fingerprint density at radius 2 is 2.11 bits per heavy atom. The van der Waals surface area contributed by atoms with Crippen LogP contribution in [-0.2, 0) is 4.74 Å². The number of ether oxygens (including phenoxy) is 2. The summed E-state index contributed by atoms with van der Waals surface area (Å²) in [5.74, 6) is 1.71. The zero-order chi connectivity index (χ0) is 12.8. The summed E-state index contributed by atoms with van der Waals surface area (Å²) in [6.45, 7) is 8.76. The molecule has 1 aliphatic rings. The average molecular weight is 249 g/mol. The molecule has 3 nitrogen and oxygen atoms in total. The van der Waals surface area contributed by atoms with Crippen molar-refractivity contribution >= 4 is 5.69 Å². The molecule has 3 heteroatoms. The molecule has 0 bridgehead atoms. The second-order valence-corrected chi connectivity index (χ2v) is 5.10. The largest absolute Gasteiger partial charge is 0.490 e. The van der Waals surface area contributed by atoms with Crippen LogP contribution >= 0.6 is 0 Å². The van der Waals surface area contributed by atoms with Crippen LogP contribution in [0.15, 0.2) is 24.3 Å². The molecule has 1 aromatic carbocycles. The molecular formula is C15H23NO2. The molecule has 0 fully saturated rings. The fourth-order valence-electron chi connectivity index (χ4n) is 2.05. The van der Waals surface area contributed by atoms with Crippen molar-refractivity contribution in [1.29, 1.82) is 0 Å². The summed E-state index contributed by atoms with van der Waals surface area (Å²) in [6.07, 6.45) is 1.14. The minimum atomic E-state index is 0.717. The molecule has 0 saturated heterocycles. The fraction of sp³-hybridized carbons (Fsp3) is 0.600. The Hall–Kier alpha value is -1.22. The Morgan fingerprint density at radius 1 is 1.28 bits per heavy atom. The van der Waals surface area contributed by atoms with E-state index in [9.17, 15) is 0 Å². The normalized spacial score (nSPS) is 14.5. The first-order chi connectivity index (χ1) is 8.77. The maximum absolute atomic E-state index is 5.68. The number of fused-ring (bicyclic) bond motifs is 1. The Morgan fingerprint density at radius 3 is 2.94 bits per heavy atom. The zero-order valence-electron chi connectivity index (χ0n) is 11.4. The quantitative estimate of drug-likeness (QED) is 0.724. The van der Waals surface area contributed by atoms with Crippen LogP contribution in [0.1, 0.15) is 20.3 Å². The highest BCUT2D eigenvalue weighted by molar-refractivity contribution is 5.59. The molecule has 100 valence electrons. The van der Waals surface area contributed by atoms with Gasteiger partial charge in [-0.05, 0) is 24.5 Å². The second-order valence-electron chi connectivity index (χ2n) is 5.10. The molecule has 0 N–H and O–H groups in total. The van der Waals surface area contributed by atoms with Crippen LogP contribution in [-0.4, -0.2) is 32.9 Å². The second kappa shape index (κ2) is 6.64. The molecule has 0 spiro atoms. The van der Waals surface area contributed by atoms with E-state index in [1.54, 1.807) is 0 Å². The van der Waals surface area contributed by atoms with E-state index in [1.165, 1.54) is 5.69 Å². The summed E-state index contributed by atoms with van der Waals surface area (Å²) in [4.78, 5) is 2.34. The van der Waals surface area contributed by atoms with Crippen molar-refractivity contribution in [3.05, 3.63) is 24.3 Å². The molecule has 0 atom stereocenters. The van der Waals surface area contributed by atoms with Crippen molar-refractivity contribution in [3.8, 4) is 5.75 Å². The number of rotatable bonds is 6. The van der Waals surface area contributed by atoms with Crippen LogP contribution in [0.3, 0.4) is 0 Å². The van der Waals surface area contributed by atoms with Crippen molar-refractivity contribution in [2.45, 2.75) is 20.3 Å². The molecule has 1 heterocycles. The maximum atomic E-state index is 5.68. The lowest BCUT2D eigenvalue weighted by Crippen LogP contribution is -2.35. The number of hydrogen-bond donors (Lipinski definition) is 0. The van der Waals surface area contributed by atoms with Gasteiger partial charge in [0.15, 0.2) is 0 Å². The van der Waals surface area contributed by atoms with E-state index in [0.717, 1.165) is 45.1 Å². The lowest BCUT2D eigenvalue weighted by atomic mass is 10.1. The molecule has 2 rings (SSSR count). The molecule has 0 unspecified atom stereocenters. The Kier molecular flexibility index (Phi) is 4.88. The average Bonchev–Trinajstić information content (AvgIpc) is 2.38. The first-order valence-corrected chi connectivity index (χ1v) is 6.82. The van der Waals surface area contributed by atoms with E-state index < -0.39 is 0 Å². The predicted octanol–water partition coefficient (Wildman–Crippen LogP) is 2.95. The van der Waals surface area contributed by atoms with Gasteiger partial charge in [0.25, 0.3) is 0 Å². The summed E-state index contributed by atoms with van der Waals surface area (Å²) in [7, 11) is 0. The molecule has 1 aromatic rings. The highest BCUT2D eigenvalue weighted by Crippen LogP contribution is 2.30. The zero-order valence-corrected chi connectivity index (χ0v) is 11.4. The van der Waals surface area contributed by atoms with Crippen LogP contribution in [0.5, 0.6) is 5.75 Å². The van der Waals surface area contributed by atoms with Crippen LogP contribution in [0, 0.1) is 5.92 Å². The lowest BCUT2D eigenvalue weighted by Gasteiger charge is -2.31. The molecule has 0 radical (unpaired) electrons. The first-order valence-electron chi connectivity index (χ1n) is 6.82. The standard InChI is InChI=1S/C15H23NO2/c1-13(2)7-10-17-11-8-16-9-12-18-15-6-4-3-5-14(15)16/h3-6,13H,7-12H2,1-2H3. The Labute approximate surface area is 110 Å². The van der Waals surface area contributed by atoms with Gasteiger partial charge in [0, 0.05) is 13.2 Å². The van der Waals surface area contributed by atoms with E-state index in [4.69, 9.17) is 9.47 Å². The van der Waals surface area contributed by atoms with Gasteiger partial charge in [-0.25, -0.2) is 0 Å². The number of benzene rings is 1. The molecule has 1 aliphatic heterocycles. The van der Waals surface area contributed by atoms with Gasteiger partial charge in [0.05, 0.1) is 18.8 Å². The summed E-state index contributed by atoms with van der Waals surface area (Å²) in [5, 5.41) is 0. The predicted molar refractivity (Wildman–Crippen MR) is 74.4 cm³/mol. The van der Waals surface area contributed by atoms with Crippen molar-refractivity contribution in [2.24, 2.45) is 5.92 Å². The number of para-hydroxylation sites is 2. The topological polar surface area (TPSA) is 21.7 Å². The Bertz CT molecular complexity index is 365. The molecule has 0 amide bonds. The van der Waals surface area contributed by atoms with E-state index in [0.29, 0.717) is 5.92 Å². The SMILES string of the molecule is CC(C)CCOCCN1CCOc2ccccc21. The molecule has 0 aromatic heterocycles. The van der Waals surface area contributed by atoms with Gasteiger partial charge in [-0.2, -0.15) is 0 Å². The minimum absolute atomic E-state index is 0.717. The third-order valence-corrected chi connectivity index (χ3v) is 3.17. The van der Waals surface area contributed by atoms with E-state index in [1.807, 2.05) is 12.1 Å². The van der Waals surface area contributed by atoms with Crippen LogP contribution < -0.4 is 9.64 Å². The lowest BCUT2D eigenvalue weighted by molar-refractivity contribution is 0.128. The maximum Gasteiger partial charge on any atom is 0.142 e. The van der Waals surface area contributed by atoms with Gasteiger partial charge in [-0.1, -0.05) is 26.0 Å². The number of hydrogen-bond acceptors (Lipinski definition) is 3. The van der Waals surface area contributed by atoms with E-state index >= 15 is 0 Å². The summed E-state index contributed by atoms with van der Waals surface area (Å²) >= 11 is 0. The van der Waals surface area contributed by atoms with Gasteiger partial charge in [0.1, 0.15) is 12.4 Å². The van der Waals surface area contributed by atoms with Gasteiger partial charge < -0.3 is 14.4 Å². The summed E-state index contributed by atoms with van der Waals surface area (Å²) < 4.78 is 11.3. The molecule has 18 heavy (non-hydrogen) atoms. The van der Waals surface area contributed by atoms with E-state index in [-0.39, 0.29) is 0 Å². The van der Waals surface area contributed by atoms with Gasteiger partial charge in [-0.15, -0.1) is 0 Å².